The Kier molecular flexibility index (Phi) is 9.85. The number of hydrogen-bond donors (Lipinski definition) is 2. The Bertz CT molecular complexity index is 574. The van der Waals surface area contributed by atoms with Crippen molar-refractivity contribution in [3.63, 3.8) is 0 Å². The zero-order valence-electron chi connectivity index (χ0n) is 15.5. The van der Waals surface area contributed by atoms with Gasteiger partial charge in [0.25, 0.3) is 0 Å². The standard InChI is InChI=1S/C19H30N4O.HI/c1-15(2)9-10-21-19(20-3)22-13-16-6-4-7-17(12-16)14-23-11-5-8-18(23)24;/h4,6-7,12,15H,5,8-11,13-14H2,1-3H3,(H2,20,21,22);1H. The first kappa shape index (κ1) is 21.7. The second kappa shape index (κ2) is 11.3. The summed E-state index contributed by atoms with van der Waals surface area (Å²) in [6, 6.07) is 8.41. The summed E-state index contributed by atoms with van der Waals surface area (Å²) in [5.41, 5.74) is 2.39. The van der Waals surface area contributed by atoms with E-state index in [2.05, 4.69) is 53.7 Å². The molecule has 1 fully saturated rings. The Labute approximate surface area is 168 Å². The van der Waals surface area contributed by atoms with Crippen LogP contribution in [0.5, 0.6) is 0 Å². The quantitative estimate of drug-likeness (QED) is 0.375. The molecule has 0 unspecified atom stereocenters. The molecule has 0 bridgehead atoms. The fraction of sp³-hybridized carbons (Fsp3) is 0.579. The molecule has 140 valence electrons. The van der Waals surface area contributed by atoms with E-state index in [1.54, 1.807) is 7.05 Å². The van der Waals surface area contributed by atoms with Crippen LogP contribution in [0.4, 0.5) is 0 Å². The summed E-state index contributed by atoms with van der Waals surface area (Å²) in [6.07, 6.45) is 2.80. The molecule has 0 radical (unpaired) electrons. The topological polar surface area (TPSA) is 56.7 Å². The van der Waals surface area contributed by atoms with E-state index in [-0.39, 0.29) is 29.9 Å². The average Bonchev–Trinajstić information content (AvgIpc) is 2.96. The largest absolute Gasteiger partial charge is 0.356 e. The van der Waals surface area contributed by atoms with Gasteiger partial charge in [-0.05, 0) is 29.9 Å². The molecule has 1 amide bonds. The normalized spacial score (nSPS) is 14.6. The Morgan fingerprint density at radius 3 is 2.68 bits per heavy atom. The number of carbonyl (C=O) groups is 1. The highest BCUT2D eigenvalue weighted by atomic mass is 127. The van der Waals surface area contributed by atoms with Gasteiger partial charge in [-0.15, -0.1) is 24.0 Å². The van der Waals surface area contributed by atoms with E-state index in [9.17, 15) is 4.79 Å². The van der Waals surface area contributed by atoms with Crippen molar-refractivity contribution in [2.75, 3.05) is 20.1 Å². The highest BCUT2D eigenvalue weighted by Gasteiger charge is 2.19. The zero-order valence-corrected chi connectivity index (χ0v) is 17.9. The molecule has 0 atom stereocenters. The van der Waals surface area contributed by atoms with Crippen LogP contribution in [-0.2, 0) is 17.9 Å². The number of carbonyl (C=O) groups excluding carboxylic acids is 1. The van der Waals surface area contributed by atoms with E-state index >= 15 is 0 Å². The van der Waals surface area contributed by atoms with Gasteiger partial charge >= 0.3 is 0 Å². The molecule has 1 aromatic carbocycles. The van der Waals surface area contributed by atoms with Crippen LogP contribution in [0.15, 0.2) is 29.3 Å². The molecule has 5 nitrogen and oxygen atoms in total. The first-order chi connectivity index (χ1) is 11.6. The lowest BCUT2D eigenvalue weighted by molar-refractivity contribution is -0.128. The van der Waals surface area contributed by atoms with Crippen molar-refractivity contribution in [1.82, 2.24) is 15.5 Å². The Balaban J connectivity index is 0.00000312. The lowest BCUT2D eigenvalue weighted by atomic mass is 10.1. The number of guanidine groups is 1. The highest BCUT2D eigenvalue weighted by Crippen LogP contribution is 2.15. The maximum Gasteiger partial charge on any atom is 0.222 e. The molecule has 6 heteroatoms. The van der Waals surface area contributed by atoms with Crippen molar-refractivity contribution in [2.24, 2.45) is 10.9 Å². The van der Waals surface area contributed by atoms with Crippen LogP contribution in [-0.4, -0.2) is 36.9 Å². The molecule has 0 saturated carbocycles. The molecule has 1 heterocycles. The fourth-order valence-electron chi connectivity index (χ4n) is 2.82. The molecule has 2 N–H and O–H groups in total. The van der Waals surface area contributed by atoms with Gasteiger partial charge in [0.2, 0.25) is 5.91 Å². The molecule has 1 aliphatic heterocycles. The maximum atomic E-state index is 11.8. The predicted molar refractivity (Wildman–Crippen MR) is 114 cm³/mol. The number of nitrogens with zero attached hydrogens (tertiary/aromatic N) is 2. The Morgan fingerprint density at radius 1 is 1.28 bits per heavy atom. The minimum Gasteiger partial charge on any atom is -0.356 e. The number of likely N-dealkylation sites (tertiary alicyclic amines) is 1. The van der Waals surface area contributed by atoms with Gasteiger partial charge in [-0.3, -0.25) is 9.79 Å². The molecule has 0 aliphatic carbocycles. The highest BCUT2D eigenvalue weighted by molar-refractivity contribution is 14.0. The average molecular weight is 458 g/mol. The van der Waals surface area contributed by atoms with E-state index in [0.717, 1.165) is 38.4 Å². The van der Waals surface area contributed by atoms with Crippen LogP contribution in [0.25, 0.3) is 0 Å². The van der Waals surface area contributed by atoms with Gasteiger partial charge in [-0.1, -0.05) is 38.1 Å². The van der Waals surface area contributed by atoms with Crippen LogP contribution in [0, 0.1) is 5.92 Å². The molecule has 1 saturated heterocycles. The first-order valence-corrected chi connectivity index (χ1v) is 8.88. The van der Waals surface area contributed by atoms with Gasteiger partial charge in [0.15, 0.2) is 5.96 Å². The number of nitrogens with one attached hydrogen (secondary N) is 2. The van der Waals surface area contributed by atoms with Gasteiger partial charge in [-0.2, -0.15) is 0 Å². The smallest absolute Gasteiger partial charge is 0.222 e. The van der Waals surface area contributed by atoms with Crippen molar-refractivity contribution in [3.05, 3.63) is 35.4 Å². The third kappa shape index (κ3) is 7.63. The summed E-state index contributed by atoms with van der Waals surface area (Å²) < 4.78 is 0. The fourth-order valence-corrected chi connectivity index (χ4v) is 2.82. The van der Waals surface area contributed by atoms with Gasteiger partial charge in [0.05, 0.1) is 0 Å². The van der Waals surface area contributed by atoms with E-state index in [0.29, 0.717) is 18.9 Å². The van der Waals surface area contributed by atoms with Gasteiger partial charge in [-0.25, -0.2) is 0 Å². The van der Waals surface area contributed by atoms with Crippen molar-refractivity contribution in [2.45, 2.75) is 46.2 Å². The minimum absolute atomic E-state index is 0. The summed E-state index contributed by atoms with van der Waals surface area (Å²) in [5.74, 6) is 1.78. The van der Waals surface area contributed by atoms with Crippen molar-refractivity contribution in [3.8, 4) is 0 Å². The molecule has 0 aromatic heterocycles. The number of aliphatic imine (C=N–C) groups is 1. The Morgan fingerprint density at radius 2 is 2.04 bits per heavy atom. The van der Waals surface area contributed by atoms with Crippen molar-refractivity contribution in [1.29, 1.82) is 0 Å². The van der Waals surface area contributed by atoms with Crippen LogP contribution in [0.1, 0.15) is 44.2 Å². The summed E-state index contributed by atoms with van der Waals surface area (Å²) in [5, 5.41) is 6.68. The molecule has 25 heavy (non-hydrogen) atoms. The van der Waals surface area contributed by atoms with Crippen LogP contribution >= 0.6 is 24.0 Å². The third-order valence-electron chi connectivity index (χ3n) is 4.23. The van der Waals surface area contributed by atoms with E-state index in [1.165, 1.54) is 11.1 Å². The molecular weight excluding hydrogens is 427 g/mol. The van der Waals surface area contributed by atoms with E-state index in [1.807, 2.05) is 4.90 Å². The molecule has 2 rings (SSSR count). The lowest BCUT2D eigenvalue weighted by Gasteiger charge is -2.16. The summed E-state index contributed by atoms with van der Waals surface area (Å²) in [4.78, 5) is 18.0. The lowest BCUT2D eigenvalue weighted by Crippen LogP contribution is -2.37. The number of halogens is 1. The molecular formula is C19H31IN4O. The first-order valence-electron chi connectivity index (χ1n) is 8.88. The number of benzene rings is 1. The number of amides is 1. The third-order valence-corrected chi connectivity index (χ3v) is 4.23. The molecule has 0 spiro atoms. The monoisotopic (exact) mass is 458 g/mol. The molecule has 1 aliphatic rings. The van der Waals surface area contributed by atoms with E-state index in [4.69, 9.17) is 0 Å². The van der Waals surface area contributed by atoms with Gasteiger partial charge < -0.3 is 15.5 Å². The summed E-state index contributed by atoms with van der Waals surface area (Å²) >= 11 is 0. The van der Waals surface area contributed by atoms with Crippen molar-refractivity contribution >= 4 is 35.8 Å². The minimum atomic E-state index is 0. The summed E-state index contributed by atoms with van der Waals surface area (Å²) in [6.45, 7) is 7.68. The van der Waals surface area contributed by atoms with E-state index < -0.39 is 0 Å². The SMILES string of the molecule is CN=C(NCCC(C)C)NCc1cccc(CN2CCCC2=O)c1.I. The van der Waals surface area contributed by atoms with Crippen LogP contribution in [0.2, 0.25) is 0 Å². The second-order valence-electron chi connectivity index (χ2n) is 6.77. The predicted octanol–water partition coefficient (Wildman–Crippen LogP) is 3.14. The number of rotatable bonds is 7. The van der Waals surface area contributed by atoms with Crippen LogP contribution in [0.3, 0.4) is 0 Å². The zero-order chi connectivity index (χ0) is 17.4. The number of hydrogen-bond acceptors (Lipinski definition) is 2. The Hall–Kier alpha value is -1.31. The molecule has 1 aromatic rings. The van der Waals surface area contributed by atoms with Crippen molar-refractivity contribution < 1.29 is 4.79 Å². The maximum absolute atomic E-state index is 11.8. The van der Waals surface area contributed by atoms with Gasteiger partial charge in [0.1, 0.15) is 0 Å². The van der Waals surface area contributed by atoms with Crippen LogP contribution < -0.4 is 10.6 Å². The summed E-state index contributed by atoms with van der Waals surface area (Å²) in [7, 11) is 1.79. The second-order valence-corrected chi connectivity index (χ2v) is 6.77. The van der Waals surface area contributed by atoms with Gasteiger partial charge in [0, 0.05) is 39.6 Å².